The Morgan fingerprint density at radius 3 is 2.00 bits per heavy atom. The fourth-order valence-corrected chi connectivity index (χ4v) is 1.44. The van der Waals surface area contributed by atoms with E-state index in [1.165, 1.54) is 6.92 Å². The van der Waals surface area contributed by atoms with Crippen molar-refractivity contribution < 1.29 is 28.6 Å². The first kappa shape index (κ1) is 17.6. The molecule has 0 rings (SSSR count). The van der Waals surface area contributed by atoms with Gasteiger partial charge in [-0.3, -0.25) is 9.59 Å². The minimum Gasteiger partial charge on any atom is -0.465 e. The van der Waals surface area contributed by atoms with E-state index in [1.54, 1.807) is 20.8 Å². The zero-order valence-electron chi connectivity index (χ0n) is 12.0. The maximum Gasteiger partial charge on any atom is 0.375 e. The Hall–Kier alpha value is -1.43. The van der Waals surface area contributed by atoms with Crippen LogP contribution < -0.4 is 0 Å². The van der Waals surface area contributed by atoms with E-state index in [9.17, 15) is 14.4 Å². The summed E-state index contributed by atoms with van der Waals surface area (Å²) >= 11 is 0. The van der Waals surface area contributed by atoms with Crippen molar-refractivity contribution in [2.75, 3.05) is 26.4 Å². The molecule has 0 aliphatic heterocycles. The minimum atomic E-state index is -1.56. The van der Waals surface area contributed by atoms with Crippen molar-refractivity contribution in [3.8, 4) is 0 Å². The fraction of sp³-hybridized carbons (Fsp3) is 0.769. The van der Waals surface area contributed by atoms with Gasteiger partial charge in [0.25, 0.3) is 5.78 Å². The quantitative estimate of drug-likeness (QED) is 0.271. The van der Waals surface area contributed by atoms with Gasteiger partial charge in [-0.25, -0.2) is 4.79 Å². The average Bonchev–Trinajstić information content (AvgIpc) is 2.38. The third kappa shape index (κ3) is 4.98. The van der Waals surface area contributed by atoms with Crippen LogP contribution in [0.3, 0.4) is 0 Å². The van der Waals surface area contributed by atoms with Gasteiger partial charge in [-0.05, 0) is 34.1 Å². The number of hydrogen-bond acceptors (Lipinski definition) is 6. The summed E-state index contributed by atoms with van der Waals surface area (Å²) in [7, 11) is 0. The molecule has 0 saturated heterocycles. The van der Waals surface area contributed by atoms with Gasteiger partial charge in [-0.2, -0.15) is 0 Å². The Labute approximate surface area is 113 Å². The molecule has 0 radical (unpaired) electrons. The molecule has 6 heteroatoms. The van der Waals surface area contributed by atoms with Crippen molar-refractivity contribution >= 4 is 17.7 Å². The van der Waals surface area contributed by atoms with Crippen molar-refractivity contribution in [2.24, 2.45) is 5.41 Å². The number of Topliss-reactive ketones (excluding diaryl/α,β-unsaturated/α-hetero) is 1. The van der Waals surface area contributed by atoms with Crippen molar-refractivity contribution in [3.05, 3.63) is 0 Å². The summed E-state index contributed by atoms with van der Waals surface area (Å²) in [6, 6.07) is 0. The SMILES string of the molecule is CCOCCC(C)(C(=O)OCC)C(=O)C(=O)OCC. The van der Waals surface area contributed by atoms with E-state index in [0.29, 0.717) is 6.61 Å². The Bertz CT molecular complexity index is 325. The monoisotopic (exact) mass is 274 g/mol. The molecule has 6 nitrogen and oxygen atoms in total. The second-order valence-corrected chi connectivity index (χ2v) is 4.05. The van der Waals surface area contributed by atoms with E-state index in [-0.39, 0.29) is 26.2 Å². The predicted molar refractivity (Wildman–Crippen MR) is 67.5 cm³/mol. The summed E-state index contributed by atoms with van der Waals surface area (Å²) in [5.41, 5.74) is -1.56. The van der Waals surface area contributed by atoms with E-state index < -0.39 is 23.1 Å². The highest BCUT2D eigenvalue weighted by Crippen LogP contribution is 2.26. The molecule has 0 aromatic heterocycles. The molecule has 0 aliphatic carbocycles. The van der Waals surface area contributed by atoms with Crippen LogP contribution in [-0.2, 0) is 28.6 Å². The summed E-state index contributed by atoms with van der Waals surface area (Å²) in [6.45, 7) is 7.28. The normalized spacial score (nSPS) is 13.5. The molecule has 0 aliphatic rings. The maximum absolute atomic E-state index is 12.0. The third-order valence-electron chi connectivity index (χ3n) is 2.64. The van der Waals surface area contributed by atoms with Gasteiger partial charge in [0.1, 0.15) is 5.41 Å². The molecule has 0 aromatic rings. The van der Waals surface area contributed by atoms with E-state index in [1.807, 2.05) is 0 Å². The molecule has 0 fully saturated rings. The van der Waals surface area contributed by atoms with E-state index in [4.69, 9.17) is 9.47 Å². The lowest BCUT2D eigenvalue weighted by molar-refractivity contribution is -0.169. The topological polar surface area (TPSA) is 78.9 Å². The van der Waals surface area contributed by atoms with Gasteiger partial charge in [0.15, 0.2) is 0 Å². The molecule has 110 valence electrons. The van der Waals surface area contributed by atoms with E-state index >= 15 is 0 Å². The highest BCUT2D eigenvalue weighted by atomic mass is 16.5. The Kier molecular flexibility index (Phi) is 7.98. The summed E-state index contributed by atoms with van der Waals surface area (Å²) in [4.78, 5) is 35.4. The predicted octanol–water partition coefficient (Wildman–Crippen LogP) is 1.11. The van der Waals surface area contributed by atoms with Crippen LogP contribution in [0.25, 0.3) is 0 Å². The first-order chi connectivity index (χ1) is 8.93. The summed E-state index contributed by atoms with van der Waals surface area (Å²) < 4.78 is 14.6. The van der Waals surface area contributed by atoms with Gasteiger partial charge in [-0.1, -0.05) is 0 Å². The summed E-state index contributed by atoms with van der Waals surface area (Å²) in [6.07, 6.45) is 0.0807. The standard InChI is InChI=1S/C13H22O6/c1-5-17-9-8-13(4,12(16)19-7-3)10(14)11(15)18-6-2/h5-9H2,1-4H3. The van der Waals surface area contributed by atoms with Crippen LogP contribution in [-0.4, -0.2) is 44.1 Å². The second kappa shape index (κ2) is 8.63. The van der Waals surface area contributed by atoms with E-state index in [2.05, 4.69) is 4.74 Å². The van der Waals surface area contributed by atoms with Gasteiger partial charge in [0.05, 0.1) is 13.2 Å². The molecule has 0 bridgehead atoms. The van der Waals surface area contributed by atoms with Crippen LogP contribution in [0, 0.1) is 5.41 Å². The third-order valence-corrected chi connectivity index (χ3v) is 2.64. The van der Waals surface area contributed by atoms with Crippen LogP contribution in [0.4, 0.5) is 0 Å². The van der Waals surface area contributed by atoms with Crippen LogP contribution in [0.5, 0.6) is 0 Å². The van der Waals surface area contributed by atoms with Crippen molar-refractivity contribution in [1.29, 1.82) is 0 Å². The number of ketones is 1. The fourth-order valence-electron chi connectivity index (χ4n) is 1.44. The highest BCUT2D eigenvalue weighted by molar-refractivity contribution is 6.39. The van der Waals surface area contributed by atoms with Crippen molar-refractivity contribution in [1.82, 2.24) is 0 Å². The summed E-state index contributed by atoms with van der Waals surface area (Å²) in [5.74, 6) is -2.64. The smallest absolute Gasteiger partial charge is 0.375 e. The van der Waals surface area contributed by atoms with Crippen LogP contribution in [0.2, 0.25) is 0 Å². The largest absolute Gasteiger partial charge is 0.465 e. The molecule has 0 heterocycles. The van der Waals surface area contributed by atoms with Gasteiger partial charge in [0, 0.05) is 13.2 Å². The Balaban J connectivity index is 4.97. The molecule has 0 spiro atoms. The first-order valence-electron chi connectivity index (χ1n) is 6.40. The van der Waals surface area contributed by atoms with Gasteiger partial charge < -0.3 is 14.2 Å². The lowest BCUT2D eigenvalue weighted by Crippen LogP contribution is -2.43. The molecule has 1 unspecified atom stereocenters. The molecule has 0 saturated carbocycles. The first-order valence-corrected chi connectivity index (χ1v) is 6.40. The maximum atomic E-state index is 12.0. The van der Waals surface area contributed by atoms with Gasteiger partial charge >= 0.3 is 11.9 Å². The number of ether oxygens (including phenoxy) is 3. The zero-order chi connectivity index (χ0) is 14.9. The molecule has 0 aromatic carbocycles. The van der Waals surface area contributed by atoms with Crippen LogP contribution in [0.1, 0.15) is 34.1 Å². The molecular weight excluding hydrogens is 252 g/mol. The Morgan fingerprint density at radius 1 is 0.947 bits per heavy atom. The lowest BCUT2D eigenvalue weighted by Gasteiger charge is -2.24. The minimum absolute atomic E-state index is 0.0783. The molecular formula is C13H22O6. The van der Waals surface area contributed by atoms with Crippen LogP contribution >= 0.6 is 0 Å². The highest BCUT2D eigenvalue weighted by Gasteiger charge is 2.46. The second-order valence-electron chi connectivity index (χ2n) is 4.05. The summed E-state index contributed by atoms with van der Waals surface area (Å²) in [5, 5.41) is 0. The molecule has 1 atom stereocenters. The van der Waals surface area contributed by atoms with Crippen LogP contribution in [0.15, 0.2) is 0 Å². The number of carbonyl (C=O) groups is 3. The zero-order valence-corrected chi connectivity index (χ0v) is 12.0. The van der Waals surface area contributed by atoms with E-state index in [0.717, 1.165) is 0 Å². The number of esters is 2. The molecule has 0 amide bonds. The van der Waals surface area contributed by atoms with Gasteiger partial charge in [-0.15, -0.1) is 0 Å². The number of carbonyl (C=O) groups excluding carboxylic acids is 3. The van der Waals surface area contributed by atoms with Crippen molar-refractivity contribution in [3.63, 3.8) is 0 Å². The molecule has 0 N–H and O–H groups in total. The lowest BCUT2D eigenvalue weighted by atomic mass is 9.82. The van der Waals surface area contributed by atoms with Gasteiger partial charge in [0.2, 0.25) is 0 Å². The Morgan fingerprint density at radius 2 is 1.53 bits per heavy atom. The average molecular weight is 274 g/mol. The molecule has 19 heavy (non-hydrogen) atoms. The van der Waals surface area contributed by atoms with Crippen molar-refractivity contribution in [2.45, 2.75) is 34.1 Å². The number of hydrogen-bond donors (Lipinski definition) is 0. The number of rotatable bonds is 9.